The van der Waals surface area contributed by atoms with E-state index < -0.39 is 10.0 Å². The van der Waals surface area contributed by atoms with E-state index in [4.69, 9.17) is 0 Å². The molecule has 7 heteroatoms. The van der Waals surface area contributed by atoms with Gasteiger partial charge in [-0.2, -0.15) is 0 Å². The van der Waals surface area contributed by atoms with Gasteiger partial charge in [-0.3, -0.25) is 9.52 Å². The number of carbonyl (C=O) groups is 1. The first-order chi connectivity index (χ1) is 13.8. The second-order valence-electron chi connectivity index (χ2n) is 7.27. The Morgan fingerprint density at radius 1 is 1.03 bits per heavy atom. The van der Waals surface area contributed by atoms with E-state index in [1.54, 1.807) is 53.8 Å². The van der Waals surface area contributed by atoms with Crippen LogP contribution in [0.4, 0.5) is 5.69 Å². The van der Waals surface area contributed by atoms with Crippen LogP contribution >= 0.6 is 11.3 Å². The van der Waals surface area contributed by atoms with E-state index in [1.165, 1.54) is 10.4 Å². The number of thiophene rings is 1. The Labute approximate surface area is 175 Å². The lowest BCUT2D eigenvalue weighted by Gasteiger charge is -2.27. The van der Waals surface area contributed by atoms with E-state index in [0.29, 0.717) is 24.3 Å². The van der Waals surface area contributed by atoms with Gasteiger partial charge < -0.3 is 4.90 Å². The van der Waals surface area contributed by atoms with Crippen LogP contribution in [0.3, 0.4) is 0 Å². The third-order valence-electron chi connectivity index (χ3n) is 5.27. The quantitative estimate of drug-likeness (QED) is 0.674. The number of anilines is 1. The van der Waals surface area contributed by atoms with Crippen molar-refractivity contribution in [3.8, 4) is 0 Å². The predicted octanol–water partition coefficient (Wildman–Crippen LogP) is 4.36. The molecule has 2 aromatic carbocycles. The number of rotatable bonds is 4. The van der Waals surface area contributed by atoms with E-state index >= 15 is 0 Å². The first-order valence-corrected chi connectivity index (χ1v) is 11.7. The predicted molar refractivity (Wildman–Crippen MR) is 116 cm³/mol. The van der Waals surface area contributed by atoms with Gasteiger partial charge in [-0.1, -0.05) is 6.07 Å². The fraction of sp³-hybridized carbons (Fsp3) is 0.227. The molecule has 0 saturated heterocycles. The van der Waals surface area contributed by atoms with Gasteiger partial charge in [0.05, 0.1) is 4.90 Å². The molecule has 1 amide bonds. The monoisotopic (exact) mass is 426 g/mol. The largest absolute Gasteiger partial charge is 0.334 e. The van der Waals surface area contributed by atoms with E-state index in [0.717, 1.165) is 17.5 Å². The molecule has 0 atom stereocenters. The van der Waals surface area contributed by atoms with Crippen molar-refractivity contribution in [1.29, 1.82) is 0 Å². The highest BCUT2D eigenvalue weighted by Gasteiger charge is 2.22. The summed E-state index contributed by atoms with van der Waals surface area (Å²) in [5, 5.41) is 2.06. The van der Waals surface area contributed by atoms with Gasteiger partial charge in [0.25, 0.3) is 15.9 Å². The Bertz CT molecular complexity index is 1170. The second kappa shape index (κ2) is 7.65. The Morgan fingerprint density at radius 3 is 2.52 bits per heavy atom. The highest BCUT2D eigenvalue weighted by molar-refractivity contribution is 7.92. The molecule has 1 aliphatic rings. The fourth-order valence-electron chi connectivity index (χ4n) is 3.38. The highest BCUT2D eigenvalue weighted by atomic mass is 32.2. The lowest BCUT2D eigenvalue weighted by molar-refractivity contribution is 0.0736. The topological polar surface area (TPSA) is 66.5 Å². The summed E-state index contributed by atoms with van der Waals surface area (Å²) in [5.74, 6) is -0.0367. The zero-order chi connectivity index (χ0) is 20.6. The van der Waals surface area contributed by atoms with Gasteiger partial charge in [-0.05, 0) is 84.8 Å². The van der Waals surface area contributed by atoms with Crippen LogP contribution in [-0.4, -0.2) is 25.8 Å². The van der Waals surface area contributed by atoms with Crippen LogP contribution in [0.5, 0.6) is 0 Å². The summed E-state index contributed by atoms with van der Waals surface area (Å²) in [5.41, 5.74) is 4.16. The maximum atomic E-state index is 12.8. The third-order valence-corrected chi connectivity index (χ3v) is 7.67. The summed E-state index contributed by atoms with van der Waals surface area (Å²) in [7, 11) is -3.68. The van der Waals surface area contributed by atoms with Gasteiger partial charge in [0.2, 0.25) is 0 Å². The van der Waals surface area contributed by atoms with E-state index in [2.05, 4.69) is 16.2 Å². The Hall–Kier alpha value is -2.64. The van der Waals surface area contributed by atoms with E-state index in [-0.39, 0.29) is 10.8 Å². The first kappa shape index (κ1) is 19.7. The van der Waals surface area contributed by atoms with Crippen LogP contribution in [-0.2, 0) is 23.0 Å². The number of aryl methyl sites for hydroxylation is 2. The number of nitrogens with one attached hydrogen (secondary N) is 1. The SMILES string of the molecule is Cc1ccc(S(=O)(=O)Nc2ccc(C(=O)N3CCc4sccc4C3)cc2)cc1C. The van der Waals surface area contributed by atoms with Crippen molar-refractivity contribution < 1.29 is 13.2 Å². The molecule has 1 N–H and O–H groups in total. The molecule has 3 aromatic rings. The second-order valence-corrected chi connectivity index (χ2v) is 9.96. The molecule has 0 bridgehead atoms. The molecule has 0 unspecified atom stereocenters. The number of sulfonamides is 1. The number of benzene rings is 2. The van der Waals surface area contributed by atoms with Crippen molar-refractivity contribution in [3.63, 3.8) is 0 Å². The summed E-state index contributed by atoms with van der Waals surface area (Å²) in [6.45, 7) is 5.15. The maximum absolute atomic E-state index is 12.8. The number of carbonyl (C=O) groups excluding carboxylic acids is 1. The summed E-state index contributed by atoms with van der Waals surface area (Å²) < 4.78 is 27.9. The fourth-order valence-corrected chi connectivity index (χ4v) is 5.41. The van der Waals surface area contributed by atoms with Crippen LogP contribution < -0.4 is 4.72 Å². The molecule has 2 heterocycles. The molecule has 1 aromatic heterocycles. The number of nitrogens with zero attached hydrogens (tertiary/aromatic N) is 1. The normalized spacial score (nSPS) is 13.8. The summed E-state index contributed by atoms with van der Waals surface area (Å²) >= 11 is 1.74. The Kier molecular flexibility index (Phi) is 5.19. The third kappa shape index (κ3) is 4.06. The van der Waals surface area contributed by atoms with Gasteiger partial charge in [0.15, 0.2) is 0 Å². The van der Waals surface area contributed by atoms with Crippen molar-refractivity contribution in [2.24, 2.45) is 0 Å². The molecule has 0 radical (unpaired) electrons. The molecular formula is C22H22N2O3S2. The van der Waals surface area contributed by atoms with Gasteiger partial charge >= 0.3 is 0 Å². The van der Waals surface area contributed by atoms with Crippen molar-refractivity contribution in [2.45, 2.75) is 31.7 Å². The lowest BCUT2D eigenvalue weighted by Crippen LogP contribution is -2.35. The van der Waals surface area contributed by atoms with Crippen LogP contribution in [0.1, 0.15) is 31.9 Å². The summed E-state index contributed by atoms with van der Waals surface area (Å²) in [6, 6.07) is 13.7. The van der Waals surface area contributed by atoms with Crippen molar-refractivity contribution in [1.82, 2.24) is 4.90 Å². The smallest absolute Gasteiger partial charge is 0.261 e. The first-order valence-electron chi connectivity index (χ1n) is 9.38. The number of hydrogen-bond donors (Lipinski definition) is 1. The average molecular weight is 427 g/mol. The Morgan fingerprint density at radius 2 is 1.79 bits per heavy atom. The van der Waals surface area contributed by atoms with E-state index in [9.17, 15) is 13.2 Å². The standard InChI is InChI=1S/C22H22N2O3S2/c1-15-3-8-20(13-16(15)2)29(26,27)23-19-6-4-17(5-7-19)22(25)24-11-9-21-18(14-24)10-12-28-21/h3-8,10,12-13,23H,9,11,14H2,1-2H3. The molecule has 4 rings (SSSR count). The van der Waals surface area contributed by atoms with Crippen molar-refractivity contribution >= 4 is 33.0 Å². The molecule has 0 spiro atoms. The van der Waals surface area contributed by atoms with Crippen LogP contribution in [0.25, 0.3) is 0 Å². The number of amides is 1. The molecule has 0 saturated carbocycles. The van der Waals surface area contributed by atoms with E-state index in [1.807, 2.05) is 18.7 Å². The highest BCUT2D eigenvalue weighted by Crippen LogP contribution is 2.25. The van der Waals surface area contributed by atoms with Crippen molar-refractivity contribution in [3.05, 3.63) is 81.0 Å². The minimum atomic E-state index is -3.68. The van der Waals surface area contributed by atoms with Crippen molar-refractivity contribution in [2.75, 3.05) is 11.3 Å². The van der Waals surface area contributed by atoms with Crippen LogP contribution in [0, 0.1) is 13.8 Å². The van der Waals surface area contributed by atoms with Crippen LogP contribution in [0.2, 0.25) is 0 Å². The minimum absolute atomic E-state index is 0.0367. The zero-order valence-electron chi connectivity index (χ0n) is 16.3. The molecule has 5 nitrogen and oxygen atoms in total. The number of hydrogen-bond acceptors (Lipinski definition) is 4. The molecule has 0 aliphatic carbocycles. The summed E-state index contributed by atoms with van der Waals surface area (Å²) in [4.78, 5) is 16.2. The molecule has 0 fully saturated rings. The lowest BCUT2D eigenvalue weighted by atomic mass is 10.1. The maximum Gasteiger partial charge on any atom is 0.261 e. The summed E-state index contributed by atoms with van der Waals surface area (Å²) in [6.07, 6.45) is 0.882. The van der Waals surface area contributed by atoms with Crippen LogP contribution in [0.15, 0.2) is 58.8 Å². The molecule has 1 aliphatic heterocycles. The van der Waals surface area contributed by atoms with Gasteiger partial charge in [-0.25, -0.2) is 8.42 Å². The molecule has 150 valence electrons. The average Bonchev–Trinajstić information content (AvgIpc) is 3.17. The van der Waals surface area contributed by atoms with Gasteiger partial charge in [0.1, 0.15) is 0 Å². The molecule has 29 heavy (non-hydrogen) atoms. The van der Waals surface area contributed by atoms with Gasteiger partial charge in [-0.15, -0.1) is 11.3 Å². The molecular weight excluding hydrogens is 404 g/mol. The van der Waals surface area contributed by atoms with Gasteiger partial charge in [0, 0.05) is 29.2 Å². The zero-order valence-corrected chi connectivity index (χ0v) is 17.9. The number of fused-ring (bicyclic) bond motifs is 1. The Balaban J connectivity index is 1.48. The minimum Gasteiger partial charge on any atom is -0.334 e.